The second-order valence-electron chi connectivity index (χ2n) is 7.79. The quantitative estimate of drug-likeness (QED) is 0.163. The van der Waals surface area contributed by atoms with Gasteiger partial charge in [0.25, 0.3) is 17.3 Å². The van der Waals surface area contributed by atoms with E-state index in [1.165, 1.54) is 41.3 Å². The molecule has 0 unspecified atom stereocenters. The van der Waals surface area contributed by atoms with E-state index < -0.39 is 9.85 Å². The van der Waals surface area contributed by atoms with E-state index in [0.717, 1.165) is 17.3 Å². The molecule has 0 spiro atoms. The second kappa shape index (κ2) is 9.80. The van der Waals surface area contributed by atoms with Crippen LogP contribution >= 0.6 is 34.9 Å². The van der Waals surface area contributed by atoms with Gasteiger partial charge in [-0.1, -0.05) is 0 Å². The maximum absolute atomic E-state index is 12.5. The van der Waals surface area contributed by atoms with Gasteiger partial charge in [-0.15, -0.1) is 11.3 Å². The van der Waals surface area contributed by atoms with Gasteiger partial charge in [0.2, 0.25) is 0 Å². The SMILES string of the molecule is Cc1cc(N=C2NC(=O)/C(=C/c3ccc(Sc4nc5ccc([N+](=O)[O-])cc5s4)o3)S2)cc([N+](=O)[O-])c1C. The van der Waals surface area contributed by atoms with Crippen LogP contribution in [0.3, 0.4) is 0 Å². The lowest BCUT2D eigenvalue weighted by Gasteiger charge is -2.03. The number of nitrogens with zero attached hydrogens (tertiary/aromatic N) is 4. The van der Waals surface area contributed by atoms with Crippen LogP contribution in [0.1, 0.15) is 16.9 Å². The highest BCUT2D eigenvalue weighted by Crippen LogP contribution is 2.37. The van der Waals surface area contributed by atoms with Crippen molar-refractivity contribution in [3.05, 3.63) is 84.5 Å². The Hall–Kier alpha value is -4.01. The van der Waals surface area contributed by atoms with Crippen molar-refractivity contribution in [2.45, 2.75) is 23.3 Å². The number of carbonyl (C=O) groups excluding carboxylic acids is 1. The number of thioether (sulfide) groups is 1. The Kier molecular flexibility index (Phi) is 6.54. The summed E-state index contributed by atoms with van der Waals surface area (Å²) in [5.41, 5.74) is 2.30. The molecule has 1 N–H and O–H groups in total. The van der Waals surface area contributed by atoms with Crippen LogP contribution in [0.5, 0.6) is 0 Å². The van der Waals surface area contributed by atoms with Crippen LogP contribution in [0.4, 0.5) is 17.1 Å². The monoisotopic (exact) mass is 553 g/mol. The number of aryl methyl sites for hydroxylation is 1. The van der Waals surface area contributed by atoms with Crippen molar-refractivity contribution in [2.24, 2.45) is 4.99 Å². The van der Waals surface area contributed by atoms with Gasteiger partial charge < -0.3 is 9.73 Å². The Bertz CT molecular complexity index is 1670. The predicted octanol–water partition coefficient (Wildman–Crippen LogP) is 6.37. The normalized spacial score (nSPS) is 15.6. The van der Waals surface area contributed by atoms with Gasteiger partial charge >= 0.3 is 0 Å². The third kappa shape index (κ3) is 5.26. The summed E-state index contributed by atoms with van der Waals surface area (Å²) in [4.78, 5) is 43.0. The Morgan fingerprint density at radius 3 is 2.68 bits per heavy atom. The van der Waals surface area contributed by atoms with Crippen molar-refractivity contribution >= 4 is 79.3 Å². The van der Waals surface area contributed by atoms with E-state index in [1.807, 2.05) is 0 Å². The molecule has 2 aromatic heterocycles. The maximum atomic E-state index is 12.5. The number of furan rings is 1. The molecular formula is C23H15N5O6S3. The summed E-state index contributed by atoms with van der Waals surface area (Å²) in [6.45, 7) is 3.44. The number of hydrogen-bond acceptors (Lipinski definition) is 11. The number of nitro benzene ring substituents is 2. The van der Waals surface area contributed by atoms with E-state index in [-0.39, 0.29) is 17.3 Å². The summed E-state index contributed by atoms with van der Waals surface area (Å²) in [6.07, 6.45) is 1.58. The van der Waals surface area contributed by atoms with Gasteiger partial charge in [-0.25, -0.2) is 9.98 Å². The van der Waals surface area contributed by atoms with Gasteiger partial charge in [-0.3, -0.25) is 25.0 Å². The number of thiazole rings is 1. The third-order valence-corrected chi connectivity index (χ3v) is 8.24. The number of fused-ring (bicyclic) bond motifs is 1. The highest BCUT2D eigenvalue weighted by atomic mass is 32.2. The molecule has 1 saturated heterocycles. The third-order valence-electron chi connectivity index (χ3n) is 5.33. The van der Waals surface area contributed by atoms with E-state index in [9.17, 15) is 25.0 Å². The van der Waals surface area contributed by atoms with Crippen LogP contribution < -0.4 is 5.32 Å². The first kappa shape index (κ1) is 24.7. The molecule has 2 aromatic carbocycles. The summed E-state index contributed by atoms with van der Waals surface area (Å²) >= 11 is 3.69. The smallest absolute Gasteiger partial charge is 0.274 e. The minimum Gasteiger partial charge on any atom is -0.450 e. The molecule has 0 bridgehead atoms. The molecule has 1 aliphatic rings. The zero-order chi connectivity index (χ0) is 26.3. The van der Waals surface area contributed by atoms with E-state index in [1.54, 1.807) is 44.2 Å². The standard InChI is InChI=1S/C23H15N5O6S3/c1-11-7-13(8-17(12(11)2)28(32)33)24-22-26-21(29)19(35-22)10-15-4-6-20(34-15)37-23-25-16-5-3-14(27(30)31)9-18(16)36-23/h3-10H,1-2H3,(H,24,26,29)/b19-10-. The molecule has 14 heteroatoms. The molecule has 3 heterocycles. The van der Waals surface area contributed by atoms with E-state index in [2.05, 4.69) is 15.3 Å². The highest BCUT2D eigenvalue weighted by molar-refractivity contribution is 8.18. The Morgan fingerprint density at radius 1 is 1.11 bits per heavy atom. The van der Waals surface area contributed by atoms with Crippen molar-refractivity contribution in [3.8, 4) is 0 Å². The first-order chi connectivity index (χ1) is 17.7. The molecule has 1 aliphatic heterocycles. The number of nitrogens with one attached hydrogen (secondary N) is 1. The van der Waals surface area contributed by atoms with Crippen LogP contribution in [0, 0.1) is 34.1 Å². The fraction of sp³-hybridized carbons (Fsp3) is 0.0870. The lowest BCUT2D eigenvalue weighted by Crippen LogP contribution is -2.19. The average molecular weight is 554 g/mol. The number of aromatic nitrogens is 1. The van der Waals surface area contributed by atoms with Crippen LogP contribution in [-0.2, 0) is 4.79 Å². The lowest BCUT2D eigenvalue weighted by molar-refractivity contribution is -0.385. The predicted molar refractivity (Wildman–Crippen MR) is 142 cm³/mol. The van der Waals surface area contributed by atoms with Crippen LogP contribution in [0.2, 0.25) is 0 Å². The molecular weight excluding hydrogens is 538 g/mol. The first-order valence-electron chi connectivity index (χ1n) is 10.5. The second-order valence-corrected chi connectivity index (χ2v) is 11.1. The van der Waals surface area contributed by atoms with Crippen molar-refractivity contribution in [1.29, 1.82) is 0 Å². The molecule has 11 nitrogen and oxygen atoms in total. The number of rotatable bonds is 6. The minimum absolute atomic E-state index is 0.00518. The summed E-state index contributed by atoms with van der Waals surface area (Å²) in [5.74, 6) is 0.0837. The number of amidine groups is 1. The van der Waals surface area contributed by atoms with Crippen molar-refractivity contribution in [3.63, 3.8) is 0 Å². The fourth-order valence-electron chi connectivity index (χ4n) is 3.41. The van der Waals surface area contributed by atoms with Crippen LogP contribution in [0.25, 0.3) is 16.3 Å². The summed E-state index contributed by atoms with van der Waals surface area (Å²) in [7, 11) is 0. The molecule has 1 amide bonds. The molecule has 37 heavy (non-hydrogen) atoms. The summed E-state index contributed by atoms with van der Waals surface area (Å²) in [6, 6.07) is 11.1. The number of aliphatic imine (C=N–C) groups is 1. The number of benzene rings is 2. The molecule has 1 fully saturated rings. The summed E-state index contributed by atoms with van der Waals surface area (Å²) < 4.78 is 7.18. The fourth-order valence-corrected chi connectivity index (χ4v) is 6.23. The van der Waals surface area contributed by atoms with Gasteiger partial charge in [0.05, 0.1) is 30.7 Å². The molecule has 5 rings (SSSR count). The molecule has 0 atom stereocenters. The molecule has 0 aliphatic carbocycles. The highest BCUT2D eigenvalue weighted by Gasteiger charge is 2.25. The minimum atomic E-state index is -0.456. The van der Waals surface area contributed by atoms with Crippen molar-refractivity contribution in [2.75, 3.05) is 0 Å². The van der Waals surface area contributed by atoms with Crippen LogP contribution in [0.15, 0.2) is 66.2 Å². The van der Waals surface area contributed by atoms with Crippen molar-refractivity contribution in [1.82, 2.24) is 10.3 Å². The van der Waals surface area contributed by atoms with Crippen molar-refractivity contribution < 1.29 is 19.1 Å². The molecule has 4 aromatic rings. The summed E-state index contributed by atoms with van der Waals surface area (Å²) in [5, 5.41) is 25.8. The van der Waals surface area contributed by atoms with Gasteiger partial charge in [0, 0.05) is 29.8 Å². The largest absolute Gasteiger partial charge is 0.450 e. The molecule has 0 saturated carbocycles. The average Bonchev–Trinajstić information content (AvgIpc) is 3.54. The lowest BCUT2D eigenvalue weighted by atomic mass is 10.1. The van der Waals surface area contributed by atoms with E-state index in [4.69, 9.17) is 4.42 Å². The number of nitro groups is 2. The van der Waals surface area contributed by atoms with Gasteiger partial charge in [-0.05, 0) is 67.2 Å². The molecule has 0 radical (unpaired) electrons. The molecule has 186 valence electrons. The number of amides is 1. The Balaban J connectivity index is 1.32. The zero-order valence-electron chi connectivity index (χ0n) is 19.1. The first-order valence-corrected chi connectivity index (χ1v) is 13.0. The van der Waals surface area contributed by atoms with Gasteiger partial charge in [0.15, 0.2) is 14.6 Å². The van der Waals surface area contributed by atoms with E-state index >= 15 is 0 Å². The van der Waals surface area contributed by atoms with Gasteiger partial charge in [-0.2, -0.15) is 0 Å². The maximum Gasteiger partial charge on any atom is 0.274 e. The number of non-ortho nitro benzene ring substituents is 1. The number of carbonyl (C=O) groups is 1. The zero-order valence-corrected chi connectivity index (χ0v) is 21.5. The Labute approximate surface area is 221 Å². The van der Waals surface area contributed by atoms with Gasteiger partial charge in [0.1, 0.15) is 5.76 Å². The van der Waals surface area contributed by atoms with Crippen LogP contribution in [-0.4, -0.2) is 25.9 Å². The van der Waals surface area contributed by atoms with E-state index in [0.29, 0.717) is 46.7 Å². The Morgan fingerprint density at radius 2 is 1.92 bits per heavy atom. The topological polar surface area (TPSA) is 154 Å². The number of hydrogen-bond donors (Lipinski definition) is 1.